The van der Waals surface area contributed by atoms with Crippen LogP contribution in [0, 0.1) is 0 Å². The summed E-state index contributed by atoms with van der Waals surface area (Å²) in [6, 6.07) is 0. The molecule has 0 saturated carbocycles. The third-order valence-corrected chi connectivity index (χ3v) is 4.53. The molecule has 4 nitrogen and oxygen atoms in total. The van der Waals surface area contributed by atoms with Crippen LogP contribution in [-0.4, -0.2) is 68.4 Å². The van der Waals surface area contributed by atoms with Gasteiger partial charge in [-0.3, -0.25) is 16.0 Å². The van der Waals surface area contributed by atoms with Crippen molar-refractivity contribution >= 4 is 37.9 Å². The Morgan fingerprint density at radius 3 is 1.43 bits per heavy atom. The number of nitrogens with one attached hydrogen (secondary N) is 4. The molecule has 0 aliphatic rings. The quantitative estimate of drug-likeness (QED) is 0.202. The van der Waals surface area contributed by atoms with E-state index in [1.165, 1.54) is 7.05 Å². The van der Waals surface area contributed by atoms with Gasteiger partial charge in [0.25, 0.3) is 0 Å². The SMILES string of the molecule is CNC[C@@](F)(CS)NCC(F)(CS)NC[C@@](F)(CS)NC. The van der Waals surface area contributed by atoms with Gasteiger partial charge in [-0.15, -0.1) is 0 Å². The second-order valence-corrected chi connectivity index (χ2v) is 5.81. The highest BCUT2D eigenvalue weighted by atomic mass is 32.1. The molecule has 0 heterocycles. The van der Waals surface area contributed by atoms with Gasteiger partial charge in [-0.25, -0.2) is 13.2 Å². The normalized spacial score (nSPS) is 20.6. The summed E-state index contributed by atoms with van der Waals surface area (Å²) in [6.45, 7) is -0.723. The van der Waals surface area contributed by atoms with E-state index in [-0.39, 0.29) is 36.9 Å². The molecular weight excluding hydrogens is 341 g/mol. The molecule has 21 heavy (non-hydrogen) atoms. The zero-order valence-electron chi connectivity index (χ0n) is 12.2. The average Bonchev–Trinajstić information content (AvgIpc) is 2.51. The lowest BCUT2D eigenvalue weighted by Gasteiger charge is -2.33. The minimum Gasteiger partial charge on any atom is -0.315 e. The number of rotatable bonds is 12. The van der Waals surface area contributed by atoms with E-state index in [4.69, 9.17) is 0 Å². The van der Waals surface area contributed by atoms with Crippen molar-refractivity contribution in [3.05, 3.63) is 0 Å². The van der Waals surface area contributed by atoms with Crippen molar-refractivity contribution in [2.75, 3.05) is 51.0 Å². The van der Waals surface area contributed by atoms with Crippen molar-refractivity contribution in [1.29, 1.82) is 0 Å². The minimum absolute atomic E-state index is 0.0284. The van der Waals surface area contributed by atoms with Crippen molar-refractivity contribution in [2.45, 2.75) is 17.4 Å². The second kappa shape index (κ2) is 9.74. The van der Waals surface area contributed by atoms with E-state index in [2.05, 4.69) is 59.2 Å². The number of alkyl halides is 3. The summed E-state index contributed by atoms with van der Waals surface area (Å²) < 4.78 is 42.8. The highest BCUT2D eigenvalue weighted by molar-refractivity contribution is 7.80. The van der Waals surface area contributed by atoms with E-state index in [1.54, 1.807) is 7.05 Å². The van der Waals surface area contributed by atoms with Crippen molar-refractivity contribution in [3.8, 4) is 0 Å². The molecule has 128 valence electrons. The molecule has 0 amide bonds. The maximum Gasteiger partial charge on any atom is 0.183 e. The Hall–Kier alpha value is 0.680. The number of likely N-dealkylation sites (N-methyl/N-ethyl adjacent to an activating group) is 2. The molecule has 0 saturated heterocycles. The molecule has 0 aromatic carbocycles. The first-order chi connectivity index (χ1) is 9.72. The Balaban J connectivity index is 4.59. The van der Waals surface area contributed by atoms with Crippen molar-refractivity contribution in [1.82, 2.24) is 21.3 Å². The third-order valence-electron chi connectivity index (χ3n) is 3.03. The van der Waals surface area contributed by atoms with Gasteiger partial charge < -0.3 is 5.32 Å². The van der Waals surface area contributed by atoms with E-state index in [1.807, 2.05) is 0 Å². The maximum absolute atomic E-state index is 14.5. The van der Waals surface area contributed by atoms with Gasteiger partial charge >= 0.3 is 0 Å². The fourth-order valence-electron chi connectivity index (χ4n) is 1.45. The third kappa shape index (κ3) is 7.67. The first-order valence-electron chi connectivity index (χ1n) is 6.45. The predicted molar refractivity (Wildman–Crippen MR) is 92.1 cm³/mol. The van der Waals surface area contributed by atoms with Crippen LogP contribution in [0.3, 0.4) is 0 Å². The molecule has 0 bridgehead atoms. The molecule has 0 spiro atoms. The van der Waals surface area contributed by atoms with Crippen LogP contribution in [-0.2, 0) is 0 Å². The minimum atomic E-state index is -2.06. The van der Waals surface area contributed by atoms with Crippen LogP contribution >= 0.6 is 37.9 Å². The number of thiol groups is 3. The molecule has 3 atom stereocenters. The molecule has 0 aromatic rings. The summed E-state index contributed by atoms with van der Waals surface area (Å²) in [5.74, 6) is -6.28. The molecule has 1 unspecified atom stereocenters. The standard InChI is InChI=1S/C11H25F3N4S3/c1-15-3-10(13,7-20)18-5-11(14,8-21)17-4-9(12,6-19)16-2/h15-21H,3-8H2,1-2H3/t9-,10-,11?/m0/s1. The van der Waals surface area contributed by atoms with Crippen molar-refractivity contribution < 1.29 is 13.2 Å². The monoisotopic (exact) mass is 366 g/mol. The fraction of sp³-hybridized carbons (Fsp3) is 1.00. The van der Waals surface area contributed by atoms with Gasteiger partial charge in [0, 0.05) is 36.9 Å². The van der Waals surface area contributed by atoms with E-state index >= 15 is 0 Å². The molecule has 0 fully saturated rings. The van der Waals surface area contributed by atoms with Crippen LogP contribution in [0.15, 0.2) is 0 Å². The van der Waals surface area contributed by atoms with E-state index < -0.39 is 17.4 Å². The molecule has 0 aliphatic heterocycles. The molecule has 10 heteroatoms. The smallest absolute Gasteiger partial charge is 0.183 e. The lowest BCUT2D eigenvalue weighted by Crippen LogP contribution is -2.61. The van der Waals surface area contributed by atoms with Gasteiger partial charge in [0.2, 0.25) is 0 Å². The molecule has 0 rings (SSSR count). The second-order valence-electron chi connectivity index (χ2n) is 4.86. The Labute approximate surface area is 141 Å². The van der Waals surface area contributed by atoms with Crippen molar-refractivity contribution in [2.24, 2.45) is 0 Å². The number of halogens is 3. The van der Waals surface area contributed by atoms with E-state index in [0.29, 0.717) is 0 Å². The number of hydrogen-bond donors (Lipinski definition) is 7. The van der Waals surface area contributed by atoms with Crippen LogP contribution in [0.5, 0.6) is 0 Å². The summed E-state index contributed by atoms with van der Waals surface area (Å²) in [4.78, 5) is 0. The molecule has 0 radical (unpaired) electrons. The highest BCUT2D eigenvalue weighted by Crippen LogP contribution is 2.15. The Kier molecular flexibility index (Phi) is 10.1. The van der Waals surface area contributed by atoms with Crippen LogP contribution < -0.4 is 21.3 Å². The Morgan fingerprint density at radius 1 is 0.714 bits per heavy atom. The summed E-state index contributed by atoms with van der Waals surface area (Å²) >= 11 is 11.7. The topological polar surface area (TPSA) is 48.1 Å². The number of hydrogen-bond acceptors (Lipinski definition) is 7. The van der Waals surface area contributed by atoms with Crippen molar-refractivity contribution in [3.63, 3.8) is 0 Å². The molecule has 0 aliphatic carbocycles. The van der Waals surface area contributed by atoms with E-state index in [0.717, 1.165) is 0 Å². The van der Waals surface area contributed by atoms with Crippen LogP contribution in [0.4, 0.5) is 13.2 Å². The predicted octanol–water partition coefficient (Wildman–Crippen LogP) is 0.391. The van der Waals surface area contributed by atoms with Gasteiger partial charge in [-0.1, -0.05) is 0 Å². The van der Waals surface area contributed by atoms with E-state index in [9.17, 15) is 13.2 Å². The van der Waals surface area contributed by atoms with Gasteiger partial charge in [0.15, 0.2) is 17.4 Å². The van der Waals surface area contributed by atoms with Gasteiger partial charge in [-0.2, -0.15) is 37.9 Å². The lowest BCUT2D eigenvalue weighted by atomic mass is 10.2. The van der Waals surface area contributed by atoms with Crippen LogP contribution in [0.25, 0.3) is 0 Å². The average molecular weight is 367 g/mol. The van der Waals surface area contributed by atoms with Gasteiger partial charge in [0.05, 0.1) is 0 Å². The molecule has 0 aromatic heterocycles. The fourth-order valence-corrected chi connectivity index (χ4v) is 2.17. The van der Waals surface area contributed by atoms with Crippen LogP contribution in [0.1, 0.15) is 0 Å². The molecule has 4 N–H and O–H groups in total. The summed E-state index contributed by atoms with van der Waals surface area (Å²) in [5.41, 5.74) is 0. The Bertz CT molecular complexity index is 300. The first-order valence-corrected chi connectivity index (χ1v) is 8.34. The maximum atomic E-state index is 14.5. The van der Waals surface area contributed by atoms with Gasteiger partial charge in [0.1, 0.15) is 0 Å². The zero-order chi connectivity index (χ0) is 16.6. The first kappa shape index (κ1) is 21.7. The zero-order valence-corrected chi connectivity index (χ0v) is 14.9. The summed E-state index contributed by atoms with van der Waals surface area (Å²) in [7, 11) is 2.99. The lowest BCUT2D eigenvalue weighted by molar-refractivity contribution is 0.0593. The summed E-state index contributed by atoms with van der Waals surface area (Å²) in [6.07, 6.45) is 0. The molecular formula is C11H25F3N4S3. The Morgan fingerprint density at radius 2 is 1.10 bits per heavy atom. The van der Waals surface area contributed by atoms with Crippen LogP contribution in [0.2, 0.25) is 0 Å². The van der Waals surface area contributed by atoms with Gasteiger partial charge in [-0.05, 0) is 14.1 Å². The largest absolute Gasteiger partial charge is 0.315 e. The summed E-state index contributed by atoms with van der Waals surface area (Å²) in [5, 5.41) is 9.95. The highest BCUT2D eigenvalue weighted by Gasteiger charge is 2.36.